The highest BCUT2D eigenvalue weighted by molar-refractivity contribution is 7.15. The Morgan fingerprint density at radius 2 is 2.00 bits per heavy atom. The van der Waals surface area contributed by atoms with E-state index in [2.05, 4.69) is 37.9 Å². The highest BCUT2D eigenvalue weighted by Gasteiger charge is 2.16. The van der Waals surface area contributed by atoms with Crippen LogP contribution < -0.4 is 0 Å². The van der Waals surface area contributed by atoms with Crippen LogP contribution in [0.3, 0.4) is 0 Å². The summed E-state index contributed by atoms with van der Waals surface area (Å²) >= 11 is 7.21. The van der Waals surface area contributed by atoms with Gasteiger partial charge in [0.1, 0.15) is 5.01 Å². The zero-order valence-corrected chi connectivity index (χ0v) is 10.7. The first-order valence-electron chi connectivity index (χ1n) is 4.85. The van der Waals surface area contributed by atoms with Gasteiger partial charge in [-0.25, -0.2) is 0 Å². The summed E-state index contributed by atoms with van der Waals surface area (Å²) in [5.41, 5.74) is 0.383. The Labute approximate surface area is 94.7 Å². The molecular formula is C10H17ClN2S. The Balaban J connectivity index is 2.45. The highest BCUT2D eigenvalue weighted by Crippen LogP contribution is 2.27. The maximum Gasteiger partial charge on any atom is 0.207 e. The Morgan fingerprint density at radius 1 is 1.36 bits per heavy atom. The van der Waals surface area contributed by atoms with E-state index in [9.17, 15) is 0 Å². The van der Waals surface area contributed by atoms with E-state index >= 15 is 0 Å². The highest BCUT2D eigenvalue weighted by atomic mass is 35.5. The van der Waals surface area contributed by atoms with Gasteiger partial charge < -0.3 is 0 Å². The third-order valence-corrected chi connectivity index (χ3v) is 2.97. The Kier molecular flexibility index (Phi) is 3.90. The minimum atomic E-state index is 0.383. The van der Waals surface area contributed by atoms with Gasteiger partial charge in [0, 0.05) is 6.42 Å². The molecule has 14 heavy (non-hydrogen) atoms. The standard InChI is InChI=1S/C10H17ClN2S/c1-7(6-10(2,3)4)5-8-12-13-9(11)14-8/h7H,5-6H2,1-4H3. The van der Waals surface area contributed by atoms with Crippen molar-refractivity contribution in [2.24, 2.45) is 11.3 Å². The smallest absolute Gasteiger partial charge is 0.142 e. The largest absolute Gasteiger partial charge is 0.207 e. The van der Waals surface area contributed by atoms with E-state index in [1.807, 2.05) is 0 Å². The quantitative estimate of drug-likeness (QED) is 0.792. The first-order chi connectivity index (χ1) is 6.37. The first kappa shape index (κ1) is 11.9. The molecule has 0 aliphatic carbocycles. The van der Waals surface area contributed by atoms with E-state index in [0.29, 0.717) is 15.8 Å². The number of hydrogen-bond acceptors (Lipinski definition) is 3. The SMILES string of the molecule is CC(Cc1nnc(Cl)s1)CC(C)(C)C. The monoisotopic (exact) mass is 232 g/mol. The average molecular weight is 233 g/mol. The molecule has 0 saturated carbocycles. The summed E-state index contributed by atoms with van der Waals surface area (Å²) in [5.74, 6) is 0.638. The second-order valence-electron chi connectivity index (χ2n) is 5.02. The third kappa shape index (κ3) is 4.38. The molecule has 0 radical (unpaired) electrons. The van der Waals surface area contributed by atoms with Crippen LogP contribution in [0.1, 0.15) is 39.1 Å². The predicted octanol–water partition coefficient (Wildman–Crippen LogP) is 3.81. The van der Waals surface area contributed by atoms with Crippen LogP contribution >= 0.6 is 22.9 Å². The lowest BCUT2D eigenvalue weighted by Gasteiger charge is -2.22. The van der Waals surface area contributed by atoms with Crippen molar-refractivity contribution >= 4 is 22.9 Å². The number of rotatable bonds is 3. The number of nitrogens with zero attached hydrogens (tertiary/aromatic N) is 2. The molecule has 1 heterocycles. The summed E-state index contributed by atoms with van der Waals surface area (Å²) in [7, 11) is 0. The molecule has 0 N–H and O–H groups in total. The fourth-order valence-corrected chi connectivity index (χ4v) is 2.76. The average Bonchev–Trinajstić information content (AvgIpc) is 2.30. The van der Waals surface area contributed by atoms with Gasteiger partial charge in [0.15, 0.2) is 0 Å². The molecule has 1 aromatic heterocycles. The molecule has 0 aromatic carbocycles. The molecule has 0 fully saturated rings. The van der Waals surface area contributed by atoms with Gasteiger partial charge in [-0.15, -0.1) is 10.2 Å². The molecule has 4 heteroatoms. The topological polar surface area (TPSA) is 25.8 Å². The third-order valence-electron chi connectivity index (χ3n) is 1.93. The van der Waals surface area contributed by atoms with Crippen LogP contribution in [0.4, 0.5) is 0 Å². The lowest BCUT2D eigenvalue weighted by Crippen LogP contribution is -2.12. The molecule has 0 aliphatic heterocycles. The van der Waals surface area contributed by atoms with Crippen molar-refractivity contribution in [3.05, 3.63) is 9.47 Å². The van der Waals surface area contributed by atoms with E-state index in [4.69, 9.17) is 11.6 Å². The van der Waals surface area contributed by atoms with Crippen LogP contribution in [0.15, 0.2) is 0 Å². The lowest BCUT2D eigenvalue weighted by molar-refractivity contribution is 0.305. The number of hydrogen-bond donors (Lipinski definition) is 0. The normalized spacial score (nSPS) is 14.4. The fraction of sp³-hybridized carbons (Fsp3) is 0.800. The van der Waals surface area contributed by atoms with Crippen molar-refractivity contribution in [2.45, 2.75) is 40.5 Å². The number of halogens is 1. The van der Waals surface area contributed by atoms with Crippen LogP contribution in [0.2, 0.25) is 4.47 Å². The lowest BCUT2D eigenvalue weighted by atomic mass is 9.84. The summed E-state index contributed by atoms with van der Waals surface area (Å²) in [6.07, 6.45) is 2.19. The van der Waals surface area contributed by atoms with Crippen molar-refractivity contribution < 1.29 is 0 Å². The Morgan fingerprint density at radius 3 is 2.43 bits per heavy atom. The number of aromatic nitrogens is 2. The molecule has 1 atom stereocenters. The van der Waals surface area contributed by atoms with Crippen LogP contribution in [0.25, 0.3) is 0 Å². The molecule has 80 valence electrons. The van der Waals surface area contributed by atoms with E-state index in [-0.39, 0.29) is 0 Å². The molecule has 0 aliphatic rings. The second-order valence-corrected chi connectivity index (χ2v) is 6.67. The summed E-state index contributed by atoms with van der Waals surface area (Å²) in [6.45, 7) is 9.03. The van der Waals surface area contributed by atoms with Crippen molar-refractivity contribution in [1.82, 2.24) is 10.2 Å². The molecule has 1 unspecified atom stereocenters. The van der Waals surface area contributed by atoms with Crippen LogP contribution in [-0.4, -0.2) is 10.2 Å². The molecule has 2 nitrogen and oxygen atoms in total. The summed E-state index contributed by atoms with van der Waals surface area (Å²) < 4.78 is 0.544. The van der Waals surface area contributed by atoms with Gasteiger partial charge in [-0.3, -0.25) is 0 Å². The maximum absolute atomic E-state index is 5.72. The van der Waals surface area contributed by atoms with Gasteiger partial charge in [0.05, 0.1) is 0 Å². The molecule has 0 saturated heterocycles. The van der Waals surface area contributed by atoms with Crippen molar-refractivity contribution in [3.63, 3.8) is 0 Å². The fourth-order valence-electron chi connectivity index (χ4n) is 1.73. The summed E-state index contributed by atoms with van der Waals surface area (Å²) in [4.78, 5) is 0. The summed E-state index contributed by atoms with van der Waals surface area (Å²) in [5, 5.41) is 8.87. The summed E-state index contributed by atoms with van der Waals surface area (Å²) in [6, 6.07) is 0. The van der Waals surface area contributed by atoms with Crippen LogP contribution in [-0.2, 0) is 6.42 Å². The zero-order valence-electron chi connectivity index (χ0n) is 9.17. The molecule has 0 spiro atoms. The van der Waals surface area contributed by atoms with Crippen LogP contribution in [0.5, 0.6) is 0 Å². The molecule has 1 aromatic rings. The van der Waals surface area contributed by atoms with Crippen LogP contribution in [0, 0.1) is 11.3 Å². The van der Waals surface area contributed by atoms with Crippen molar-refractivity contribution in [3.8, 4) is 0 Å². The zero-order chi connectivity index (χ0) is 10.8. The van der Waals surface area contributed by atoms with Gasteiger partial charge in [0.25, 0.3) is 0 Å². The maximum atomic E-state index is 5.72. The van der Waals surface area contributed by atoms with E-state index < -0.39 is 0 Å². The van der Waals surface area contributed by atoms with Gasteiger partial charge in [0.2, 0.25) is 4.47 Å². The molecule has 1 rings (SSSR count). The Bertz CT molecular complexity index is 291. The van der Waals surface area contributed by atoms with E-state index in [0.717, 1.165) is 11.4 Å². The van der Waals surface area contributed by atoms with Crippen molar-refractivity contribution in [2.75, 3.05) is 0 Å². The van der Waals surface area contributed by atoms with E-state index in [1.165, 1.54) is 17.8 Å². The minimum absolute atomic E-state index is 0.383. The Hall–Kier alpha value is -0.150. The second kappa shape index (κ2) is 4.58. The molecule has 0 bridgehead atoms. The first-order valence-corrected chi connectivity index (χ1v) is 6.04. The minimum Gasteiger partial charge on any atom is -0.142 e. The molecule has 0 amide bonds. The van der Waals surface area contributed by atoms with Gasteiger partial charge in [-0.2, -0.15) is 0 Å². The van der Waals surface area contributed by atoms with Gasteiger partial charge in [-0.05, 0) is 29.4 Å². The molecular weight excluding hydrogens is 216 g/mol. The van der Waals surface area contributed by atoms with E-state index in [1.54, 1.807) is 0 Å². The van der Waals surface area contributed by atoms with Crippen molar-refractivity contribution in [1.29, 1.82) is 0 Å². The predicted molar refractivity (Wildman–Crippen MR) is 61.9 cm³/mol. The van der Waals surface area contributed by atoms with Gasteiger partial charge >= 0.3 is 0 Å². The van der Waals surface area contributed by atoms with Gasteiger partial charge in [-0.1, -0.05) is 39.0 Å².